The van der Waals surface area contributed by atoms with Gasteiger partial charge in [-0.3, -0.25) is 30.6 Å². The average molecular weight is 393 g/mol. The van der Waals surface area contributed by atoms with Crippen LogP contribution in [0.25, 0.3) is 0 Å². The maximum absolute atomic E-state index is 12.0. The first kappa shape index (κ1) is 19.3. The summed E-state index contributed by atoms with van der Waals surface area (Å²) in [6.45, 7) is 0. The van der Waals surface area contributed by atoms with E-state index < -0.39 is 16.5 Å². The highest BCUT2D eigenvalue weighted by molar-refractivity contribution is 7.80. The molecular formula is C16H13ClN4O4S. The third-order valence-electron chi connectivity index (χ3n) is 3.16. The summed E-state index contributed by atoms with van der Waals surface area (Å²) in [6.07, 6.45) is 0.125. The molecule has 0 radical (unpaired) electrons. The highest BCUT2D eigenvalue weighted by Crippen LogP contribution is 2.24. The Morgan fingerprint density at radius 1 is 1.12 bits per heavy atom. The molecule has 8 nitrogen and oxygen atoms in total. The molecule has 0 aliphatic rings. The number of nitro groups is 1. The number of hydrazine groups is 1. The average Bonchev–Trinajstić information content (AvgIpc) is 2.60. The van der Waals surface area contributed by atoms with Crippen molar-refractivity contribution in [2.45, 2.75) is 6.42 Å². The van der Waals surface area contributed by atoms with Crippen LogP contribution >= 0.6 is 23.8 Å². The van der Waals surface area contributed by atoms with Crippen LogP contribution in [0.3, 0.4) is 0 Å². The molecule has 0 saturated heterocycles. The van der Waals surface area contributed by atoms with Gasteiger partial charge in [0.25, 0.3) is 11.6 Å². The van der Waals surface area contributed by atoms with Crippen molar-refractivity contribution in [1.29, 1.82) is 0 Å². The summed E-state index contributed by atoms with van der Waals surface area (Å²) >= 11 is 10.6. The van der Waals surface area contributed by atoms with Crippen molar-refractivity contribution in [3.05, 3.63) is 74.8 Å². The van der Waals surface area contributed by atoms with E-state index in [0.717, 1.165) is 11.6 Å². The van der Waals surface area contributed by atoms with Gasteiger partial charge in [-0.25, -0.2) is 0 Å². The SMILES string of the molecule is O=C(Cc1ccccc1)NC(=S)NNC(=O)c1ccc(Cl)c([N+](=O)[O-])c1. The summed E-state index contributed by atoms with van der Waals surface area (Å²) in [5.74, 6) is -1.03. The number of benzene rings is 2. The maximum Gasteiger partial charge on any atom is 0.288 e. The third-order valence-corrected chi connectivity index (χ3v) is 3.68. The molecule has 2 aromatic rings. The molecule has 0 aliphatic heterocycles. The molecule has 0 unspecified atom stereocenters. The molecule has 10 heteroatoms. The predicted molar refractivity (Wildman–Crippen MR) is 99.6 cm³/mol. The monoisotopic (exact) mass is 392 g/mol. The molecule has 0 atom stereocenters. The fraction of sp³-hybridized carbons (Fsp3) is 0.0625. The van der Waals surface area contributed by atoms with Gasteiger partial charge in [0.05, 0.1) is 11.3 Å². The topological polar surface area (TPSA) is 113 Å². The summed E-state index contributed by atoms with van der Waals surface area (Å²) < 4.78 is 0. The molecule has 134 valence electrons. The summed E-state index contributed by atoms with van der Waals surface area (Å²) in [5.41, 5.74) is 5.03. The lowest BCUT2D eigenvalue weighted by molar-refractivity contribution is -0.384. The van der Waals surface area contributed by atoms with Crippen LogP contribution in [0.2, 0.25) is 5.02 Å². The number of carbonyl (C=O) groups excluding carboxylic acids is 2. The normalized spacial score (nSPS) is 9.88. The van der Waals surface area contributed by atoms with Crippen LogP contribution in [0.5, 0.6) is 0 Å². The lowest BCUT2D eigenvalue weighted by Crippen LogP contribution is -2.48. The molecule has 2 aromatic carbocycles. The molecule has 2 rings (SSSR count). The highest BCUT2D eigenvalue weighted by atomic mass is 35.5. The van der Waals surface area contributed by atoms with Crippen molar-refractivity contribution in [3.8, 4) is 0 Å². The van der Waals surface area contributed by atoms with Gasteiger partial charge in [0, 0.05) is 11.6 Å². The Hall–Kier alpha value is -3.04. The van der Waals surface area contributed by atoms with E-state index in [1.54, 1.807) is 12.1 Å². The van der Waals surface area contributed by atoms with Crippen molar-refractivity contribution >= 4 is 46.4 Å². The fourth-order valence-corrected chi connectivity index (χ4v) is 2.31. The van der Waals surface area contributed by atoms with Gasteiger partial charge in [0.1, 0.15) is 5.02 Å². The Kier molecular flexibility index (Phi) is 6.59. The molecule has 0 spiro atoms. The van der Waals surface area contributed by atoms with E-state index in [4.69, 9.17) is 23.8 Å². The summed E-state index contributed by atoms with van der Waals surface area (Å²) in [4.78, 5) is 34.0. The standard InChI is InChI=1S/C16H13ClN4O4S/c17-12-7-6-11(9-13(12)21(24)25)15(23)19-20-16(26)18-14(22)8-10-4-2-1-3-5-10/h1-7,9H,8H2,(H,19,23)(H2,18,20,22,26). The number of hydrogen-bond acceptors (Lipinski definition) is 5. The van der Waals surface area contributed by atoms with Crippen LogP contribution in [-0.4, -0.2) is 21.9 Å². The molecule has 26 heavy (non-hydrogen) atoms. The minimum atomic E-state index is -0.693. The molecule has 0 aromatic heterocycles. The van der Waals surface area contributed by atoms with Gasteiger partial charge in [-0.05, 0) is 29.9 Å². The van der Waals surface area contributed by atoms with Gasteiger partial charge in [-0.2, -0.15) is 0 Å². The number of hydrogen-bond donors (Lipinski definition) is 3. The van der Waals surface area contributed by atoms with E-state index in [0.29, 0.717) is 0 Å². The van der Waals surface area contributed by atoms with Crippen LogP contribution in [0.1, 0.15) is 15.9 Å². The van der Waals surface area contributed by atoms with E-state index in [1.807, 2.05) is 18.2 Å². The van der Waals surface area contributed by atoms with Crippen molar-refractivity contribution < 1.29 is 14.5 Å². The number of nitrogens with one attached hydrogen (secondary N) is 3. The van der Waals surface area contributed by atoms with Crippen molar-refractivity contribution in [1.82, 2.24) is 16.2 Å². The number of amides is 2. The van der Waals surface area contributed by atoms with E-state index in [-0.39, 0.29) is 28.0 Å². The van der Waals surface area contributed by atoms with E-state index >= 15 is 0 Å². The molecule has 0 bridgehead atoms. The van der Waals surface area contributed by atoms with E-state index in [2.05, 4.69) is 16.2 Å². The Morgan fingerprint density at radius 2 is 1.81 bits per heavy atom. The van der Waals surface area contributed by atoms with E-state index in [1.165, 1.54) is 12.1 Å². The number of nitro benzene ring substituents is 1. The quantitative estimate of drug-likeness (QED) is 0.417. The zero-order chi connectivity index (χ0) is 19.1. The highest BCUT2D eigenvalue weighted by Gasteiger charge is 2.16. The van der Waals surface area contributed by atoms with Crippen LogP contribution in [0.4, 0.5) is 5.69 Å². The van der Waals surface area contributed by atoms with Crippen LogP contribution in [0, 0.1) is 10.1 Å². The lowest BCUT2D eigenvalue weighted by atomic mass is 10.1. The molecule has 0 heterocycles. The van der Waals surface area contributed by atoms with Crippen molar-refractivity contribution in [3.63, 3.8) is 0 Å². The van der Waals surface area contributed by atoms with Gasteiger partial charge in [0.15, 0.2) is 5.11 Å². The zero-order valence-corrected chi connectivity index (χ0v) is 14.8. The first-order chi connectivity index (χ1) is 12.4. The summed E-state index contributed by atoms with van der Waals surface area (Å²) in [6, 6.07) is 12.7. The van der Waals surface area contributed by atoms with Crippen molar-refractivity contribution in [2.24, 2.45) is 0 Å². The smallest absolute Gasteiger partial charge is 0.288 e. The van der Waals surface area contributed by atoms with E-state index in [9.17, 15) is 19.7 Å². The van der Waals surface area contributed by atoms with Crippen LogP contribution in [0.15, 0.2) is 48.5 Å². The summed E-state index contributed by atoms with van der Waals surface area (Å²) in [7, 11) is 0. The predicted octanol–water partition coefficient (Wildman–Crippen LogP) is 2.13. The largest absolute Gasteiger partial charge is 0.302 e. The molecule has 2 amide bonds. The van der Waals surface area contributed by atoms with Gasteiger partial charge >= 0.3 is 0 Å². The summed E-state index contributed by atoms with van der Waals surface area (Å²) in [5, 5.41) is 13.1. The van der Waals surface area contributed by atoms with Gasteiger partial charge < -0.3 is 5.32 Å². The Labute approximate surface area is 158 Å². The maximum atomic E-state index is 12.0. The van der Waals surface area contributed by atoms with Gasteiger partial charge in [-0.15, -0.1) is 0 Å². The molecule has 0 saturated carbocycles. The Balaban J connectivity index is 1.87. The number of carbonyl (C=O) groups is 2. The number of thiocarbonyl (C=S) groups is 1. The second kappa shape index (κ2) is 8.88. The first-order valence-corrected chi connectivity index (χ1v) is 8.03. The number of nitrogens with zero attached hydrogens (tertiary/aromatic N) is 1. The fourth-order valence-electron chi connectivity index (χ4n) is 1.96. The van der Waals surface area contributed by atoms with Crippen molar-refractivity contribution in [2.75, 3.05) is 0 Å². The molecule has 0 fully saturated rings. The second-order valence-electron chi connectivity index (χ2n) is 5.04. The zero-order valence-electron chi connectivity index (χ0n) is 13.2. The van der Waals surface area contributed by atoms with Gasteiger partial charge in [-0.1, -0.05) is 41.9 Å². The Bertz CT molecular complexity index is 861. The molecule has 3 N–H and O–H groups in total. The van der Waals surface area contributed by atoms with Gasteiger partial charge in [0.2, 0.25) is 5.91 Å². The Morgan fingerprint density at radius 3 is 2.46 bits per heavy atom. The number of rotatable bonds is 4. The molecular weight excluding hydrogens is 380 g/mol. The van der Waals surface area contributed by atoms with Crippen LogP contribution in [-0.2, 0) is 11.2 Å². The lowest BCUT2D eigenvalue weighted by Gasteiger charge is -2.11. The molecule has 0 aliphatic carbocycles. The minimum absolute atomic E-state index is 0.00649. The second-order valence-corrected chi connectivity index (χ2v) is 5.86. The number of halogens is 1. The third kappa shape index (κ3) is 5.50. The first-order valence-electron chi connectivity index (χ1n) is 7.25. The minimum Gasteiger partial charge on any atom is -0.302 e. The van der Waals surface area contributed by atoms with Crippen LogP contribution < -0.4 is 16.2 Å².